The molecule has 0 amide bonds. The first-order valence-corrected chi connectivity index (χ1v) is 6.86. The van der Waals surface area contributed by atoms with Gasteiger partial charge in [-0.2, -0.15) is 0 Å². The first-order chi connectivity index (χ1) is 9.11. The summed E-state index contributed by atoms with van der Waals surface area (Å²) < 4.78 is 14.1. The Morgan fingerprint density at radius 1 is 1.26 bits per heavy atom. The van der Waals surface area contributed by atoms with E-state index in [9.17, 15) is 4.39 Å². The Hall–Kier alpha value is -1.23. The number of nitrogens with one attached hydrogen (secondary N) is 1. The van der Waals surface area contributed by atoms with Gasteiger partial charge in [0.2, 0.25) is 0 Å². The molecule has 0 aliphatic carbocycles. The lowest BCUT2D eigenvalue weighted by atomic mass is 9.96. The largest absolute Gasteiger partial charge is 0.271 e. The van der Waals surface area contributed by atoms with Crippen molar-refractivity contribution in [2.75, 3.05) is 0 Å². The summed E-state index contributed by atoms with van der Waals surface area (Å²) in [5.41, 5.74) is 5.94. The minimum absolute atomic E-state index is 0.0141. The Morgan fingerprint density at radius 3 is 2.63 bits per heavy atom. The van der Waals surface area contributed by atoms with E-state index in [0.29, 0.717) is 6.42 Å². The van der Waals surface area contributed by atoms with Crippen molar-refractivity contribution < 1.29 is 4.39 Å². The van der Waals surface area contributed by atoms with Crippen molar-refractivity contribution in [1.82, 2.24) is 5.43 Å². The maximum Gasteiger partial charge on any atom is 0.123 e. The van der Waals surface area contributed by atoms with Crippen molar-refractivity contribution in [3.8, 4) is 0 Å². The number of rotatable bonds is 4. The van der Waals surface area contributed by atoms with Crippen molar-refractivity contribution in [1.29, 1.82) is 0 Å². The number of nitrogens with two attached hydrogens (primary N) is 1. The Kier molecular flexibility index (Phi) is 4.69. The maximum atomic E-state index is 13.1. The minimum Gasteiger partial charge on any atom is -0.271 e. The van der Waals surface area contributed by atoms with E-state index in [1.54, 1.807) is 6.07 Å². The molecular weight excluding hydrogens is 307 g/mol. The van der Waals surface area contributed by atoms with E-state index >= 15 is 0 Å². The molecule has 4 heteroatoms. The van der Waals surface area contributed by atoms with Gasteiger partial charge in [-0.1, -0.05) is 40.2 Å². The van der Waals surface area contributed by atoms with E-state index in [1.807, 2.05) is 37.3 Å². The molecule has 0 aliphatic rings. The van der Waals surface area contributed by atoms with Crippen molar-refractivity contribution >= 4 is 15.9 Å². The highest BCUT2D eigenvalue weighted by Crippen LogP contribution is 2.26. The van der Waals surface area contributed by atoms with E-state index in [0.717, 1.165) is 21.2 Å². The molecule has 0 radical (unpaired) electrons. The third kappa shape index (κ3) is 3.41. The summed E-state index contributed by atoms with van der Waals surface area (Å²) in [6.07, 6.45) is 0.714. The summed E-state index contributed by atoms with van der Waals surface area (Å²) in [7, 11) is 0. The van der Waals surface area contributed by atoms with Crippen LogP contribution in [0.4, 0.5) is 4.39 Å². The van der Waals surface area contributed by atoms with Crippen molar-refractivity contribution in [3.05, 3.63) is 69.4 Å². The van der Waals surface area contributed by atoms with Crippen molar-refractivity contribution in [3.63, 3.8) is 0 Å². The van der Waals surface area contributed by atoms with E-state index in [2.05, 4.69) is 21.4 Å². The predicted octanol–water partition coefficient (Wildman–Crippen LogP) is 3.64. The number of hydrazine groups is 1. The fourth-order valence-electron chi connectivity index (χ4n) is 2.12. The van der Waals surface area contributed by atoms with Gasteiger partial charge in [0.05, 0.1) is 6.04 Å². The zero-order valence-electron chi connectivity index (χ0n) is 10.7. The Morgan fingerprint density at radius 2 is 2.00 bits per heavy atom. The van der Waals surface area contributed by atoms with Crippen LogP contribution in [0.1, 0.15) is 22.7 Å². The molecule has 0 saturated heterocycles. The standard InChI is InChI=1S/C15H16BrFN2/c1-10-8-12(17)7-6-11(10)9-15(19-18)13-4-2-3-5-14(13)16/h2-8,15,19H,9,18H2,1H3. The van der Waals surface area contributed by atoms with Crippen LogP contribution in [0.3, 0.4) is 0 Å². The highest BCUT2D eigenvalue weighted by atomic mass is 79.9. The van der Waals surface area contributed by atoms with Crippen LogP contribution >= 0.6 is 15.9 Å². The SMILES string of the molecule is Cc1cc(F)ccc1CC(NN)c1ccccc1Br. The van der Waals surface area contributed by atoms with Crippen LogP contribution in [0.15, 0.2) is 46.9 Å². The van der Waals surface area contributed by atoms with E-state index in [4.69, 9.17) is 5.84 Å². The molecule has 2 aromatic carbocycles. The monoisotopic (exact) mass is 322 g/mol. The molecule has 19 heavy (non-hydrogen) atoms. The van der Waals surface area contributed by atoms with Crippen LogP contribution in [0.2, 0.25) is 0 Å². The molecule has 0 saturated carbocycles. The van der Waals surface area contributed by atoms with Gasteiger partial charge in [0.15, 0.2) is 0 Å². The second-order valence-electron chi connectivity index (χ2n) is 4.52. The van der Waals surface area contributed by atoms with Gasteiger partial charge in [-0.05, 0) is 48.2 Å². The number of halogens is 2. The van der Waals surface area contributed by atoms with Gasteiger partial charge in [-0.15, -0.1) is 0 Å². The minimum atomic E-state index is -0.209. The molecule has 0 aromatic heterocycles. The normalized spacial score (nSPS) is 12.4. The summed E-state index contributed by atoms with van der Waals surface area (Å²) in [4.78, 5) is 0. The molecule has 3 N–H and O–H groups in total. The summed E-state index contributed by atoms with van der Waals surface area (Å²) in [6.45, 7) is 1.91. The molecule has 100 valence electrons. The molecule has 2 nitrogen and oxygen atoms in total. The third-order valence-electron chi connectivity index (χ3n) is 3.21. The zero-order chi connectivity index (χ0) is 13.8. The molecule has 0 bridgehead atoms. The van der Waals surface area contributed by atoms with Gasteiger partial charge < -0.3 is 0 Å². The molecule has 2 aromatic rings. The van der Waals surface area contributed by atoms with Crippen LogP contribution < -0.4 is 11.3 Å². The van der Waals surface area contributed by atoms with E-state index in [-0.39, 0.29) is 11.9 Å². The molecule has 1 unspecified atom stereocenters. The highest BCUT2D eigenvalue weighted by Gasteiger charge is 2.14. The lowest BCUT2D eigenvalue weighted by Gasteiger charge is -2.19. The van der Waals surface area contributed by atoms with Gasteiger partial charge in [0, 0.05) is 4.47 Å². The first-order valence-electron chi connectivity index (χ1n) is 6.07. The second kappa shape index (κ2) is 6.28. The molecule has 0 fully saturated rings. The Bertz CT molecular complexity index is 572. The van der Waals surface area contributed by atoms with Gasteiger partial charge >= 0.3 is 0 Å². The molecule has 0 aliphatic heterocycles. The Labute approximate surface area is 120 Å². The highest BCUT2D eigenvalue weighted by molar-refractivity contribution is 9.10. The molecular formula is C15H16BrFN2. The average Bonchev–Trinajstić information content (AvgIpc) is 2.39. The summed E-state index contributed by atoms with van der Waals surface area (Å²) in [5, 5.41) is 0. The number of benzene rings is 2. The number of hydrogen-bond acceptors (Lipinski definition) is 2. The van der Waals surface area contributed by atoms with Gasteiger partial charge in [0.25, 0.3) is 0 Å². The van der Waals surface area contributed by atoms with Crippen LogP contribution in [0, 0.1) is 12.7 Å². The maximum absolute atomic E-state index is 13.1. The van der Waals surface area contributed by atoms with Crippen LogP contribution in [0.5, 0.6) is 0 Å². The number of aryl methyl sites for hydroxylation is 1. The predicted molar refractivity (Wildman–Crippen MR) is 79.0 cm³/mol. The summed E-state index contributed by atoms with van der Waals surface area (Å²) in [6, 6.07) is 12.8. The lowest BCUT2D eigenvalue weighted by molar-refractivity contribution is 0.547. The molecule has 1 atom stereocenters. The fraction of sp³-hybridized carbons (Fsp3) is 0.200. The van der Waals surface area contributed by atoms with Crippen LogP contribution in [-0.2, 0) is 6.42 Å². The molecule has 0 spiro atoms. The smallest absolute Gasteiger partial charge is 0.123 e. The summed E-state index contributed by atoms with van der Waals surface area (Å²) in [5.74, 6) is 5.45. The topological polar surface area (TPSA) is 38.0 Å². The van der Waals surface area contributed by atoms with Gasteiger partial charge in [-0.3, -0.25) is 11.3 Å². The summed E-state index contributed by atoms with van der Waals surface area (Å²) >= 11 is 3.53. The zero-order valence-corrected chi connectivity index (χ0v) is 12.2. The quantitative estimate of drug-likeness (QED) is 0.666. The van der Waals surface area contributed by atoms with Gasteiger partial charge in [0.1, 0.15) is 5.82 Å². The first kappa shape index (κ1) is 14.2. The average molecular weight is 323 g/mol. The van der Waals surface area contributed by atoms with Crippen molar-refractivity contribution in [2.24, 2.45) is 5.84 Å². The number of hydrogen-bond donors (Lipinski definition) is 2. The molecule has 2 rings (SSSR count). The van der Waals surface area contributed by atoms with Crippen LogP contribution in [-0.4, -0.2) is 0 Å². The second-order valence-corrected chi connectivity index (χ2v) is 5.37. The van der Waals surface area contributed by atoms with E-state index < -0.39 is 0 Å². The Balaban J connectivity index is 2.27. The van der Waals surface area contributed by atoms with E-state index in [1.165, 1.54) is 6.07 Å². The molecule has 0 heterocycles. The van der Waals surface area contributed by atoms with Gasteiger partial charge in [-0.25, -0.2) is 4.39 Å². The van der Waals surface area contributed by atoms with Crippen molar-refractivity contribution in [2.45, 2.75) is 19.4 Å². The fourth-order valence-corrected chi connectivity index (χ4v) is 2.69. The van der Waals surface area contributed by atoms with Crippen LogP contribution in [0.25, 0.3) is 0 Å². The third-order valence-corrected chi connectivity index (χ3v) is 3.93. The lowest BCUT2D eigenvalue weighted by Crippen LogP contribution is -2.30.